The van der Waals surface area contributed by atoms with E-state index in [1.165, 1.54) is 9.80 Å². The average Bonchev–Trinajstić information content (AvgIpc) is 2.16. The molecule has 0 saturated heterocycles. The quantitative estimate of drug-likeness (QED) is 0.589. The normalized spacial score (nSPS) is 11.7. The van der Waals surface area contributed by atoms with E-state index in [2.05, 4.69) is 44.0 Å². The van der Waals surface area contributed by atoms with Crippen LogP contribution in [-0.2, 0) is 0 Å². The lowest BCUT2D eigenvalue weighted by molar-refractivity contribution is 1.47. The van der Waals surface area contributed by atoms with Crippen molar-refractivity contribution in [1.29, 1.82) is 0 Å². The van der Waals surface area contributed by atoms with Crippen LogP contribution in [-0.4, -0.2) is 5.33 Å². The Morgan fingerprint density at radius 1 is 1.33 bits per heavy atom. The summed E-state index contributed by atoms with van der Waals surface area (Å²) in [6, 6.07) is 10.3. The summed E-state index contributed by atoms with van der Waals surface area (Å²) in [4.78, 5) is 4.48. The van der Waals surface area contributed by atoms with E-state index in [-0.39, 0.29) is 0 Å². The van der Waals surface area contributed by atoms with Crippen LogP contribution in [0.25, 0.3) is 0 Å². The molecular weight excluding hydrogens is 300 g/mol. The molecule has 0 aliphatic rings. The standard InChI is InChI=1S/C9H8Br2S/c10-6-9(7-11)12-8-4-2-1-3-5-8/h1-6H,7H2. The molecule has 0 saturated carbocycles. The van der Waals surface area contributed by atoms with Crippen molar-refractivity contribution in [1.82, 2.24) is 0 Å². The molecule has 0 unspecified atom stereocenters. The fraction of sp³-hybridized carbons (Fsp3) is 0.111. The van der Waals surface area contributed by atoms with Crippen LogP contribution in [0.15, 0.2) is 45.1 Å². The lowest BCUT2D eigenvalue weighted by Gasteiger charge is -2.00. The van der Waals surface area contributed by atoms with Crippen molar-refractivity contribution >= 4 is 43.6 Å². The highest BCUT2D eigenvalue weighted by Gasteiger charge is 1.96. The van der Waals surface area contributed by atoms with E-state index >= 15 is 0 Å². The first-order valence-electron chi connectivity index (χ1n) is 3.45. The molecule has 0 aromatic heterocycles. The van der Waals surface area contributed by atoms with Gasteiger partial charge < -0.3 is 0 Å². The summed E-state index contributed by atoms with van der Waals surface area (Å²) in [5.74, 6) is 0. The molecular formula is C9H8Br2S. The van der Waals surface area contributed by atoms with Crippen molar-refractivity contribution in [2.45, 2.75) is 4.90 Å². The number of rotatable bonds is 3. The minimum Gasteiger partial charge on any atom is -0.0931 e. The molecule has 0 aliphatic carbocycles. The first-order valence-corrected chi connectivity index (χ1v) is 6.30. The number of allylic oxidation sites excluding steroid dienone is 1. The van der Waals surface area contributed by atoms with E-state index in [4.69, 9.17) is 0 Å². The molecule has 1 aromatic carbocycles. The van der Waals surface area contributed by atoms with Crippen LogP contribution < -0.4 is 0 Å². The number of halogens is 2. The van der Waals surface area contributed by atoms with Gasteiger partial charge in [-0.05, 0) is 17.1 Å². The first-order chi connectivity index (χ1) is 5.86. The van der Waals surface area contributed by atoms with Gasteiger partial charge in [0.1, 0.15) is 0 Å². The smallest absolute Gasteiger partial charge is 0.0351 e. The van der Waals surface area contributed by atoms with Crippen molar-refractivity contribution in [3.63, 3.8) is 0 Å². The summed E-state index contributed by atoms with van der Waals surface area (Å²) in [6.07, 6.45) is 0. The molecule has 0 fully saturated rings. The van der Waals surface area contributed by atoms with Gasteiger partial charge in [-0.2, -0.15) is 0 Å². The van der Waals surface area contributed by atoms with Crippen LogP contribution in [0.1, 0.15) is 0 Å². The van der Waals surface area contributed by atoms with E-state index < -0.39 is 0 Å². The second-order valence-electron chi connectivity index (χ2n) is 2.12. The van der Waals surface area contributed by atoms with Gasteiger partial charge in [0.05, 0.1) is 0 Å². The Labute approximate surface area is 93.7 Å². The number of hydrogen-bond acceptors (Lipinski definition) is 1. The first kappa shape index (κ1) is 10.4. The molecule has 0 spiro atoms. The van der Waals surface area contributed by atoms with Crippen molar-refractivity contribution in [2.75, 3.05) is 5.33 Å². The van der Waals surface area contributed by atoms with E-state index in [1.807, 2.05) is 23.2 Å². The fourth-order valence-corrected chi connectivity index (χ4v) is 2.80. The van der Waals surface area contributed by atoms with Gasteiger partial charge in [-0.25, -0.2) is 0 Å². The minimum absolute atomic E-state index is 0.887. The van der Waals surface area contributed by atoms with Crippen molar-refractivity contribution in [3.8, 4) is 0 Å². The van der Waals surface area contributed by atoms with E-state index in [9.17, 15) is 0 Å². The third-order valence-electron chi connectivity index (χ3n) is 1.25. The average molecular weight is 308 g/mol. The maximum absolute atomic E-state index is 3.41. The minimum atomic E-state index is 0.887. The van der Waals surface area contributed by atoms with Gasteiger partial charge in [-0.15, -0.1) is 0 Å². The molecule has 0 aliphatic heterocycles. The molecule has 0 radical (unpaired) electrons. The molecule has 1 aromatic rings. The number of hydrogen-bond donors (Lipinski definition) is 0. The molecule has 0 N–H and O–H groups in total. The highest BCUT2D eigenvalue weighted by molar-refractivity contribution is 9.11. The van der Waals surface area contributed by atoms with Crippen LogP contribution in [0.3, 0.4) is 0 Å². The zero-order valence-electron chi connectivity index (χ0n) is 6.34. The van der Waals surface area contributed by atoms with E-state index in [0.717, 1.165) is 5.33 Å². The summed E-state index contributed by atoms with van der Waals surface area (Å²) < 4.78 is 0. The Morgan fingerprint density at radius 2 is 2.00 bits per heavy atom. The van der Waals surface area contributed by atoms with Crippen LogP contribution in [0.2, 0.25) is 0 Å². The predicted molar refractivity (Wildman–Crippen MR) is 63.1 cm³/mol. The highest BCUT2D eigenvalue weighted by atomic mass is 79.9. The lowest BCUT2D eigenvalue weighted by atomic mass is 10.4. The molecule has 64 valence electrons. The van der Waals surface area contributed by atoms with Gasteiger partial charge in [0, 0.05) is 15.1 Å². The Bertz CT molecular complexity index is 256. The zero-order valence-corrected chi connectivity index (χ0v) is 10.3. The largest absolute Gasteiger partial charge is 0.0931 e. The molecule has 0 nitrogen and oxygen atoms in total. The summed E-state index contributed by atoms with van der Waals surface area (Å²) in [6.45, 7) is 0. The van der Waals surface area contributed by atoms with E-state index in [0.29, 0.717) is 0 Å². The molecule has 12 heavy (non-hydrogen) atoms. The summed E-state index contributed by atoms with van der Waals surface area (Å²) in [7, 11) is 0. The summed E-state index contributed by atoms with van der Waals surface area (Å²) in [5, 5.41) is 0.887. The van der Waals surface area contributed by atoms with Gasteiger partial charge in [0.25, 0.3) is 0 Å². The lowest BCUT2D eigenvalue weighted by Crippen LogP contribution is -1.76. The SMILES string of the molecule is BrC=C(CBr)Sc1ccccc1. The van der Waals surface area contributed by atoms with Crippen LogP contribution in [0.5, 0.6) is 0 Å². The van der Waals surface area contributed by atoms with E-state index in [1.54, 1.807) is 11.8 Å². The number of thioether (sulfide) groups is 1. The molecule has 0 atom stereocenters. The Balaban J connectivity index is 2.64. The van der Waals surface area contributed by atoms with Gasteiger partial charge in [0.15, 0.2) is 0 Å². The maximum atomic E-state index is 3.41. The molecule has 0 bridgehead atoms. The fourth-order valence-electron chi connectivity index (χ4n) is 0.719. The molecule has 1 rings (SSSR count). The van der Waals surface area contributed by atoms with Crippen LogP contribution >= 0.6 is 43.6 Å². The van der Waals surface area contributed by atoms with Crippen LogP contribution in [0.4, 0.5) is 0 Å². The van der Waals surface area contributed by atoms with Gasteiger partial charge in [-0.1, -0.05) is 61.8 Å². The number of benzene rings is 1. The van der Waals surface area contributed by atoms with Crippen LogP contribution in [0, 0.1) is 0 Å². The summed E-state index contributed by atoms with van der Waals surface area (Å²) in [5.41, 5.74) is 0. The topological polar surface area (TPSA) is 0 Å². The van der Waals surface area contributed by atoms with Gasteiger partial charge in [-0.3, -0.25) is 0 Å². The highest BCUT2D eigenvalue weighted by Crippen LogP contribution is 2.27. The maximum Gasteiger partial charge on any atom is 0.0351 e. The Kier molecular flexibility index (Phi) is 5.04. The monoisotopic (exact) mass is 306 g/mol. The van der Waals surface area contributed by atoms with Crippen molar-refractivity contribution < 1.29 is 0 Å². The molecule has 3 heteroatoms. The molecule has 0 amide bonds. The third-order valence-corrected chi connectivity index (χ3v) is 4.11. The Hall–Kier alpha value is 0.270. The van der Waals surface area contributed by atoms with Crippen molar-refractivity contribution in [3.05, 3.63) is 40.2 Å². The van der Waals surface area contributed by atoms with Gasteiger partial charge >= 0.3 is 0 Å². The van der Waals surface area contributed by atoms with Crippen molar-refractivity contribution in [2.24, 2.45) is 0 Å². The number of alkyl halides is 1. The zero-order chi connectivity index (χ0) is 8.81. The van der Waals surface area contributed by atoms with Gasteiger partial charge in [0.2, 0.25) is 0 Å². The second kappa shape index (κ2) is 5.84. The second-order valence-corrected chi connectivity index (χ2v) is 4.34. The third kappa shape index (κ3) is 3.33. The Morgan fingerprint density at radius 3 is 2.50 bits per heavy atom. The predicted octanol–water partition coefficient (Wildman–Crippen LogP) is 4.41. The summed E-state index contributed by atoms with van der Waals surface area (Å²) >= 11 is 8.49. The molecule has 0 heterocycles.